The fourth-order valence-corrected chi connectivity index (χ4v) is 3.84. The maximum atomic E-state index is 12.5. The minimum absolute atomic E-state index is 0.0484. The number of aliphatic carboxylic acids is 1. The number of hydrogen-bond donors (Lipinski definition) is 1. The van der Waals surface area contributed by atoms with Crippen LogP contribution in [0.5, 0.6) is 0 Å². The van der Waals surface area contributed by atoms with Crippen LogP contribution in [0, 0.1) is 5.41 Å². The number of hydrogen-bond acceptors (Lipinski definition) is 3. The fourth-order valence-electron chi connectivity index (χ4n) is 3.46. The fraction of sp³-hybridized carbons (Fsp3) is 0.667. The number of carbonyl (C=O) groups excluding carboxylic acids is 1. The van der Waals surface area contributed by atoms with Crippen LogP contribution in [0.2, 0.25) is 0 Å². The molecule has 1 heterocycles. The second-order valence-corrected chi connectivity index (χ2v) is 8.73. The molecule has 0 radical (unpaired) electrons. The predicted molar refractivity (Wildman–Crippen MR) is 98.0 cm³/mol. The molecule has 25 heavy (non-hydrogen) atoms. The minimum Gasteiger partial charge on any atom is -0.481 e. The van der Waals surface area contributed by atoms with Crippen molar-refractivity contribution < 1.29 is 19.4 Å². The maximum absolute atomic E-state index is 12.5. The van der Waals surface area contributed by atoms with Crippen molar-refractivity contribution >= 4 is 35.3 Å². The molecule has 0 aromatic rings. The first-order valence-corrected chi connectivity index (χ1v) is 9.24. The van der Waals surface area contributed by atoms with Gasteiger partial charge < -0.3 is 14.7 Å². The molecule has 5 nitrogen and oxygen atoms in total. The number of amides is 1. The highest BCUT2D eigenvalue weighted by Gasteiger charge is 2.43. The van der Waals surface area contributed by atoms with E-state index in [1.54, 1.807) is 11.0 Å². The van der Waals surface area contributed by atoms with Gasteiger partial charge in [-0.25, -0.2) is 4.79 Å². The van der Waals surface area contributed by atoms with Crippen LogP contribution >= 0.6 is 23.2 Å². The molecule has 7 heteroatoms. The summed E-state index contributed by atoms with van der Waals surface area (Å²) in [6.07, 6.45) is 5.04. The Hall–Kier alpha value is -1.20. The van der Waals surface area contributed by atoms with E-state index >= 15 is 0 Å². The third-order valence-corrected chi connectivity index (χ3v) is 5.43. The summed E-state index contributed by atoms with van der Waals surface area (Å²) in [4.78, 5) is 25.6. The molecular weight excluding hydrogens is 365 g/mol. The maximum Gasteiger partial charge on any atom is 0.410 e. The summed E-state index contributed by atoms with van der Waals surface area (Å²) in [6, 6.07) is 0. The normalized spacial score (nSPS) is 27.4. The number of allylic oxidation sites excluding steroid dienone is 3. The van der Waals surface area contributed by atoms with Gasteiger partial charge >= 0.3 is 12.1 Å². The molecule has 1 saturated heterocycles. The zero-order valence-corrected chi connectivity index (χ0v) is 16.4. The predicted octanol–water partition coefficient (Wildman–Crippen LogP) is 4.54. The Morgan fingerprint density at radius 1 is 1.40 bits per heavy atom. The van der Waals surface area contributed by atoms with Gasteiger partial charge in [0.15, 0.2) is 0 Å². The van der Waals surface area contributed by atoms with Gasteiger partial charge in [0.2, 0.25) is 0 Å². The first-order valence-electron chi connectivity index (χ1n) is 8.43. The number of piperidine rings is 1. The van der Waals surface area contributed by atoms with Gasteiger partial charge in [-0.05, 0) is 46.1 Å². The largest absolute Gasteiger partial charge is 0.481 e. The molecular formula is C18H25Cl2NO4. The van der Waals surface area contributed by atoms with E-state index in [2.05, 4.69) is 0 Å². The highest BCUT2D eigenvalue weighted by atomic mass is 35.5. The number of nitrogens with zero attached hydrogens (tertiary/aromatic N) is 1. The van der Waals surface area contributed by atoms with Crippen LogP contribution < -0.4 is 0 Å². The van der Waals surface area contributed by atoms with Gasteiger partial charge in [-0.2, -0.15) is 0 Å². The molecule has 1 aliphatic heterocycles. The Morgan fingerprint density at radius 2 is 2.08 bits per heavy atom. The van der Waals surface area contributed by atoms with Crippen LogP contribution in [0.15, 0.2) is 22.8 Å². The summed E-state index contributed by atoms with van der Waals surface area (Å²) < 4.78 is 5.46. The number of carbonyl (C=O) groups is 2. The Balaban J connectivity index is 2.28. The van der Waals surface area contributed by atoms with E-state index in [-0.39, 0.29) is 11.8 Å². The topological polar surface area (TPSA) is 66.8 Å². The summed E-state index contributed by atoms with van der Waals surface area (Å²) in [7, 11) is 0. The van der Waals surface area contributed by atoms with Crippen LogP contribution in [-0.4, -0.2) is 46.1 Å². The first-order chi connectivity index (χ1) is 11.5. The van der Waals surface area contributed by atoms with Crippen LogP contribution in [0.1, 0.15) is 46.5 Å². The number of alkyl halides is 1. The van der Waals surface area contributed by atoms with Crippen molar-refractivity contribution in [2.45, 2.75) is 57.4 Å². The molecule has 2 unspecified atom stereocenters. The van der Waals surface area contributed by atoms with Gasteiger partial charge in [0.1, 0.15) is 5.60 Å². The molecule has 0 spiro atoms. The lowest BCUT2D eigenvalue weighted by Crippen LogP contribution is -2.49. The number of ether oxygens (including phenoxy) is 1. The van der Waals surface area contributed by atoms with Gasteiger partial charge in [-0.1, -0.05) is 23.3 Å². The highest BCUT2D eigenvalue weighted by Crippen LogP contribution is 2.45. The van der Waals surface area contributed by atoms with Crippen molar-refractivity contribution in [2.24, 2.45) is 5.41 Å². The van der Waals surface area contributed by atoms with Crippen LogP contribution in [-0.2, 0) is 9.53 Å². The zero-order chi connectivity index (χ0) is 18.8. The quantitative estimate of drug-likeness (QED) is 0.719. The van der Waals surface area contributed by atoms with Gasteiger partial charge in [-0.3, -0.25) is 4.79 Å². The standard InChI is InChI=1S/C18H25Cl2NO4/c1-17(2,3)25-16(24)21-8-4-7-18(11-21,10-15(22)23)12-5-6-13(19)14(20)9-12/h5-6,14H,4,7-11H2,1-3H3,(H,22,23). The second-order valence-electron chi connectivity index (χ2n) is 7.77. The van der Waals surface area contributed by atoms with Gasteiger partial charge in [0.25, 0.3) is 0 Å². The van der Waals surface area contributed by atoms with Gasteiger partial charge in [-0.15, -0.1) is 11.6 Å². The molecule has 0 bridgehead atoms. The van der Waals surface area contributed by atoms with E-state index < -0.39 is 23.1 Å². The van der Waals surface area contributed by atoms with Crippen molar-refractivity contribution in [3.63, 3.8) is 0 Å². The van der Waals surface area contributed by atoms with Crippen molar-refractivity contribution in [3.8, 4) is 0 Å². The van der Waals surface area contributed by atoms with Crippen LogP contribution in [0.3, 0.4) is 0 Å². The molecule has 0 saturated carbocycles. The van der Waals surface area contributed by atoms with Gasteiger partial charge in [0, 0.05) is 23.5 Å². The molecule has 140 valence electrons. The Bertz CT molecular complexity index is 609. The summed E-state index contributed by atoms with van der Waals surface area (Å²) in [5, 5.41) is 9.65. The van der Waals surface area contributed by atoms with E-state index in [1.165, 1.54) is 0 Å². The molecule has 1 N–H and O–H groups in total. The van der Waals surface area contributed by atoms with Crippen molar-refractivity contribution in [1.82, 2.24) is 4.90 Å². The lowest BCUT2D eigenvalue weighted by Gasteiger charge is -2.44. The number of likely N-dealkylation sites (tertiary alicyclic amines) is 1. The number of rotatable bonds is 3. The third kappa shape index (κ3) is 5.14. The van der Waals surface area contributed by atoms with E-state index in [0.29, 0.717) is 37.4 Å². The Labute approximate surface area is 158 Å². The number of carboxylic acid groups (broad SMARTS) is 1. The molecule has 2 aliphatic rings. The zero-order valence-electron chi connectivity index (χ0n) is 14.8. The highest BCUT2D eigenvalue weighted by molar-refractivity contribution is 6.37. The van der Waals surface area contributed by atoms with E-state index in [1.807, 2.05) is 26.8 Å². The summed E-state index contributed by atoms with van der Waals surface area (Å²) in [6.45, 7) is 6.31. The average Bonchev–Trinajstić information content (AvgIpc) is 2.47. The molecule has 1 aliphatic carbocycles. The monoisotopic (exact) mass is 389 g/mol. The minimum atomic E-state index is -0.890. The second kappa shape index (κ2) is 7.58. The number of carboxylic acids is 1. The SMILES string of the molecule is CC(C)(C)OC(=O)N1CCCC(CC(=O)O)(C2=CC=C(Cl)C(Cl)C2)C1. The molecule has 0 aromatic heterocycles. The summed E-state index contributed by atoms with van der Waals surface area (Å²) >= 11 is 12.3. The summed E-state index contributed by atoms with van der Waals surface area (Å²) in [5.74, 6) is -0.890. The van der Waals surface area contributed by atoms with E-state index in [4.69, 9.17) is 27.9 Å². The lowest BCUT2D eigenvalue weighted by molar-refractivity contribution is -0.140. The van der Waals surface area contributed by atoms with E-state index in [0.717, 1.165) is 5.57 Å². The van der Waals surface area contributed by atoms with Gasteiger partial charge in [0.05, 0.1) is 11.8 Å². The molecule has 0 aromatic carbocycles. The number of halogens is 2. The van der Waals surface area contributed by atoms with Crippen molar-refractivity contribution in [3.05, 3.63) is 22.8 Å². The Kier molecular flexibility index (Phi) is 6.10. The van der Waals surface area contributed by atoms with Crippen molar-refractivity contribution in [1.29, 1.82) is 0 Å². The van der Waals surface area contributed by atoms with Crippen LogP contribution in [0.25, 0.3) is 0 Å². The van der Waals surface area contributed by atoms with Crippen molar-refractivity contribution in [2.75, 3.05) is 13.1 Å². The Morgan fingerprint density at radius 3 is 2.64 bits per heavy atom. The summed E-state index contributed by atoms with van der Waals surface area (Å²) in [5.41, 5.74) is -0.291. The first kappa shape index (κ1) is 20.1. The van der Waals surface area contributed by atoms with E-state index in [9.17, 15) is 14.7 Å². The molecule has 1 fully saturated rings. The smallest absolute Gasteiger partial charge is 0.410 e. The molecule has 2 rings (SSSR count). The average molecular weight is 390 g/mol. The molecule has 1 amide bonds. The van der Waals surface area contributed by atoms with Crippen LogP contribution in [0.4, 0.5) is 4.79 Å². The lowest BCUT2D eigenvalue weighted by atomic mass is 9.69. The molecule has 2 atom stereocenters. The third-order valence-electron chi connectivity index (χ3n) is 4.54.